The lowest BCUT2D eigenvalue weighted by Crippen LogP contribution is -2.06. The Balaban J connectivity index is 2.53. The van der Waals surface area contributed by atoms with Crippen molar-refractivity contribution in [2.75, 3.05) is 11.0 Å². The number of benzene rings is 1. The van der Waals surface area contributed by atoms with Gasteiger partial charge in [-0.05, 0) is 30.0 Å². The Morgan fingerprint density at radius 2 is 2.00 bits per heavy atom. The summed E-state index contributed by atoms with van der Waals surface area (Å²) in [6, 6.07) is 5.84. The summed E-state index contributed by atoms with van der Waals surface area (Å²) in [5.74, 6) is 0. The van der Waals surface area contributed by atoms with Crippen molar-refractivity contribution in [3.63, 3.8) is 0 Å². The van der Waals surface area contributed by atoms with Gasteiger partial charge in [0.05, 0.1) is 5.69 Å². The van der Waals surface area contributed by atoms with Crippen molar-refractivity contribution >= 4 is 37.9 Å². The van der Waals surface area contributed by atoms with Crippen LogP contribution in [-0.4, -0.2) is 15.4 Å². The zero-order valence-electron chi connectivity index (χ0n) is 8.52. The average Bonchev–Trinajstić information content (AvgIpc) is 2.57. The van der Waals surface area contributed by atoms with Crippen LogP contribution in [0.15, 0.2) is 23.6 Å². The molecule has 0 bridgehead atoms. The predicted molar refractivity (Wildman–Crippen MR) is 69.0 cm³/mol. The second-order valence-electron chi connectivity index (χ2n) is 3.53. The molecule has 2 rings (SSSR count). The minimum atomic E-state index is -2.70. The smallest absolute Gasteiger partial charge is 0.0622 e. The van der Waals surface area contributed by atoms with Gasteiger partial charge in [0.2, 0.25) is 0 Å². The first kappa shape index (κ1) is 10.8. The van der Waals surface area contributed by atoms with E-state index in [1.54, 1.807) is 11.3 Å². The van der Waals surface area contributed by atoms with Crippen LogP contribution in [0.3, 0.4) is 0 Å². The van der Waals surface area contributed by atoms with E-state index in [-0.39, 0.29) is 0 Å². The molecule has 0 aliphatic carbocycles. The summed E-state index contributed by atoms with van der Waals surface area (Å²) in [7, 11) is -2.70. The molecule has 0 radical (unpaired) electrons. The molecule has 0 aliphatic rings. The molecule has 3 N–H and O–H groups in total. The van der Waals surface area contributed by atoms with Gasteiger partial charge < -0.3 is 0 Å². The fourth-order valence-corrected chi connectivity index (χ4v) is 2.99. The first-order valence-electron chi connectivity index (χ1n) is 4.45. The number of hydrogen-bond donors (Lipinski definition) is 3. The zero-order chi connectivity index (χ0) is 11.1. The molecule has 0 unspecified atom stereocenters. The molecule has 1 aromatic carbocycles. The highest BCUT2D eigenvalue weighted by Crippen LogP contribution is 2.39. The Hall–Kier alpha value is -0.750. The minimum absolute atomic E-state index is 0.777. The number of aryl methyl sites for hydroxylation is 1. The van der Waals surface area contributed by atoms with E-state index in [2.05, 4.69) is 4.72 Å². The lowest BCUT2D eigenvalue weighted by Gasteiger charge is -2.29. The third-order valence-electron chi connectivity index (χ3n) is 2.12. The topological polar surface area (TPSA) is 52.5 Å². The minimum Gasteiger partial charge on any atom is -0.285 e. The largest absolute Gasteiger partial charge is 0.285 e. The molecule has 15 heavy (non-hydrogen) atoms. The summed E-state index contributed by atoms with van der Waals surface area (Å²) in [4.78, 5) is 0. The molecule has 1 heterocycles. The zero-order valence-corrected chi connectivity index (χ0v) is 10.2. The second-order valence-corrected chi connectivity index (χ2v) is 6.32. The normalized spacial score (nSPS) is 13.1. The first-order valence-corrected chi connectivity index (χ1v) is 7.28. The van der Waals surface area contributed by atoms with E-state index >= 15 is 0 Å². The van der Waals surface area contributed by atoms with Crippen molar-refractivity contribution < 1.29 is 9.11 Å². The monoisotopic (exact) mass is 243 g/mol. The van der Waals surface area contributed by atoms with Gasteiger partial charge in [0.25, 0.3) is 0 Å². The SMILES string of the molecule is Cc1ccc(NS(C)(O)O)c2ccsc12. The average molecular weight is 243 g/mol. The Kier molecular flexibility index (Phi) is 2.64. The number of hydrogen-bond acceptors (Lipinski definition) is 4. The number of fused-ring (bicyclic) bond motifs is 1. The highest BCUT2D eigenvalue weighted by atomic mass is 32.3. The highest BCUT2D eigenvalue weighted by molar-refractivity contribution is 8.24. The van der Waals surface area contributed by atoms with Crippen molar-refractivity contribution in [2.45, 2.75) is 6.92 Å². The molecule has 0 aliphatic heterocycles. The molecular formula is C10H13NO2S2. The third-order valence-corrected chi connectivity index (χ3v) is 3.77. The van der Waals surface area contributed by atoms with Crippen LogP contribution in [0.25, 0.3) is 10.1 Å². The third kappa shape index (κ3) is 2.26. The summed E-state index contributed by atoms with van der Waals surface area (Å²) in [6.07, 6.45) is 1.38. The maximum absolute atomic E-state index is 9.37. The number of thiophene rings is 1. The molecule has 0 fully saturated rings. The van der Waals surface area contributed by atoms with Gasteiger partial charge in [-0.2, -0.15) is 0 Å². The van der Waals surface area contributed by atoms with Gasteiger partial charge in [0.15, 0.2) is 0 Å². The molecule has 3 nitrogen and oxygen atoms in total. The molecule has 0 amide bonds. The van der Waals surface area contributed by atoms with Gasteiger partial charge in [-0.3, -0.25) is 13.8 Å². The lowest BCUT2D eigenvalue weighted by atomic mass is 10.1. The summed E-state index contributed by atoms with van der Waals surface area (Å²) >= 11 is 1.66. The maximum Gasteiger partial charge on any atom is 0.0622 e. The highest BCUT2D eigenvalue weighted by Gasteiger charge is 2.09. The van der Waals surface area contributed by atoms with E-state index in [9.17, 15) is 9.11 Å². The van der Waals surface area contributed by atoms with Crippen LogP contribution in [0.5, 0.6) is 0 Å². The fraction of sp³-hybridized carbons (Fsp3) is 0.200. The quantitative estimate of drug-likeness (QED) is 0.749. The Labute approximate surface area is 94.2 Å². The van der Waals surface area contributed by atoms with Crippen molar-refractivity contribution in [3.8, 4) is 0 Å². The summed E-state index contributed by atoms with van der Waals surface area (Å²) in [5.41, 5.74) is 1.98. The van der Waals surface area contributed by atoms with Gasteiger partial charge in [0, 0.05) is 16.3 Å². The molecule has 1 aromatic heterocycles. The van der Waals surface area contributed by atoms with Crippen LogP contribution in [-0.2, 0) is 0 Å². The maximum atomic E-state index is 9.37. The second kappa shape index (κ2) is 3.68. The molecule has 0 saturated heterocycles. The first-order chi connectivity index (χ1) is 6.97. The molecule has 82 valence electrons. The van der Waals surface area contributed by atoms with Crippen LogP contribution in [0.4, 0.5) is 5.69 Å². The van der Waals surface area contributed by atoms with Crippen LogP contribution in [0.2, 0.25) is 0 Å². The van der Waals surface area contributed by atoms with E-state index in [0.29, 0.717) is 0 Å². The number of anilines is 1. The number of rotatable bonds is 2. The van der Waals surface area contributed by atoms with Gasteiger partial charge in [-0.25, -0.2) is 0 Å². The predicted octanol–water partition coefficient (Wildman–Crippen LogP) is 3.92. The van der Waals surface area contributed by atoms with Crippen molar-refractivity contribution in [3.05, 3.63) is 29.1 Å². The van der Waals surface area contributed by atoms with E-state index in [4.69, 9.17) is 0 Å². The van der Waals surface area contributed by atoms with Gasteiger partial charge >= 0.3 is 0 Å². The molecular weight excluding hydrogens is 230 g/mol. The van der Waals surface area contributed by atoms with Crippen molar-refractivity contribution in [1.82, 2.24) is 0 Å². The standard InChI is InChI=1S/C10H13NO2S2/c1-7-3-4-9(11-15(2,12)13)8-5-6-14-10(7)8/h3-6,11-13H,1-2H3. The summed E-state index contributed by atoms with van der Waals surface area (Å²) < 4.78 is 22.7. The molecule has 2 aromatic rings. The van der Waals surface area contributed by atoms with Crippen LogP contribution in [0, 0.1) is 6.92 Å². The van der Waals surface area contributed by atoms with Gasteiger partial charge in [0.1, 0.15) is 0 Å². The van der Waals surface area contributed by atoms with Crippen LogP contribution < -0.4 is 4.72 Å². The van der Waals surface area contributed by atoms with E-state index in [0.717, 1.165) is 11.1 Å². The van der Waals surface area contributed by atoms with E-state index in [1.807, 2.05) is 30.5 Å². The van der Waals surface area contributed by atoms with Crippen molar-refractivity contribution in [1.29, 1.82) is 0 Å². The van der Waals surface area contributed by atoms with Crippen LogP contribution >= 0.6 is 22.1 Å². The fourth-order valence-electron chi connectivity index (χ4n) is 1.50. The molecule has 5 heteroatoms. The Morgan fingerprint density at radius 1 is 1.27 bits per heavy atom. The Morgan fingerprint density at radius 3 is 2.67 bits per heavy atom. The molecule has 0 saturated carbocycles. The molecule has 0 spiro atoms. The summed E-state index contributed by atoms with van der Waals surface area (Å²) in [6.45, 7) is 2.05. The van der Waals surface area contributed by atoms with E-state index < -0.39 is 10.8 Å². The molecule has 0 atom stereocenters. The summed E-state index contributed by atoms with van der Waals surface area (Å²) in [5, 5.41) is 3.05. The van der Waals surface area contributed by atoms with Crippen molar-refractivity contribution in [2.24, 2.45) is 0 Å². The van der Waals surface area contributed by atoms with E-state index in [1.165, 1.54) is 16.5 Å². The lowest BCUT2D eigenvalue weighted by molar-refractivity contribution is 0.502. The van der Waals surface area contributed by atoms with Gasteiger partial charge in [-0.15, -0.1) is 22.1 Å². The Bertz CT molecular complexity index is 488. The number of nitrogens with one attached hydrogen (secondary N) is 1. The van der Waals surface area contributed by atoms with Gasteiger partial charge in [-0.1, -0.05) is 6.07 Å². The van der Waals surface area contributed by atoms with Crippen LogP contribution in [0.1, 0.15) is 5.56 Å².